The molecule has 23 heavy (non-hydrogen) atoms. The van der Waals surface area contributed by atoms with Gasteiger partial charge in [-0.15, -0.1) is 23.4 Å². The summed E-state index contributed by atoms with van der Waals surface area (Å²) >= 11 is 0. The standard InChI is InChI=1S/C15H13F3N4O/c1-3-13-19-20-14-7-6-12(21-22(13)14)11-5-4-10(8-9(11)2)23-15(16,17)18/h4-8H,3H2,1-2H3. The highest BCUT2D eigenvalue weighted by Gasteiger charge is 2.31. The molecule has 0 amide bonds. The number of fused-ring (bicyclic) bond motifs is 1. The van der Waals surface area contributed by atoms with Gasteiger partial charge in [0.1, 0.15) is 5.75 Å². The van der Waals surface area contributed by atoms with Gasteiger partial charge in [-0.3, -0.25) is 0 Å². The Bertz CT molecular complexity index is 858. The molecule has 0 fully saturated rings. The minimum atomic E-state index is -4.70. The maximum atomic E-state index is 12.3. The van der Waals surface area contributed by atoms with Crippen LogP contribution in [0.2, 0.25) is 0 Å². The van der Waals surface area contributed by atoms with Crippen molar-refractivity contribution in [1.82, 2.24) is 19.8 Å². The summed E-state index contributed by atoms with van der Waals surface area (Å²) < 4.78 is 42.4. The zero-order chi connectivity index (χ0) is 16.6. The van der Waals surface area contributed by atoms with Gasteiger partial charge in [-0.25, -0.2) is 0 Å². The van der Waals surface area contributed by atoms with Crippen molar-refractivity contribution in [2.24, 2.45) is 0 Å². The number of alkyl halides is 3. The van der Waals surface area contributed by atoms with Gasteiger partial charge >= 0.3 is 6.36 Å². The number of halogens is 3. The molecule has 0 aliphatic heterocycles. The van der Waals surface area contributed by atoms with E-state index in [1.165, 1.54) is 12.1 Å². The number of ether oxygens (including phenoxy) is 1. The second-order valence-electron chi connectivity index (χ2n) is 4.98. The lowest BCUT2D eigenvalue weighted by Gasteiger charge is -2.11. The third-order valence-electron chi connectivity index (χ3n) is 3.35. The van der Waals surface area contributed by atoms with Crippen LogP contribution in [0.5, 0.6) is 5.75 Å². The Labute approximate surface area is 129 Å². The van der Waals surface area contributed by atoms with Crippen molar-refractivity contribution in [2.45, 2.75) is 26.6 Å². The molecule has 0 bridgehead atoms. The molecule has 2 aromatic heterocycles. The van der Waals surface area contributed by atoms with Crippen molar-refractivity contribution in [3.05, 3.63) is 41.7 Å². The number of benzene rings is 1. The Balaban J connectivity index is 2.01. The highest BCUT2D eigenvalue weighted by Crippen LogP contribution is 2.29. The fourth-order valence-electron chi connectivity index (χ4n) is 2.32. The first kappa shape index (κ1) is 15.3. The van der Waals surface area contributed by atoms with Gasteiger partial charge in [0.15, 0.2) is 11.5 Å². The van der Waals surface area contributed by atoms with Crippen LogP contribution in [0.3, 0.4) is 0 Å². The molecule has 0 saturated carbocycles. The van der Waals surface area contributed by atoms with Crippen molar-refractivity contribution in [2.75, 3.05) is 0 Å². The van der Waals surface area contributed by atoms with Gasteiger partial charge in [0.25, 0.3) is 0 Å². The minimum absolute atomic E-state index is 0.252. The normalized spacial score (nSPS) is 11.9. The SMILES string of the molecule is CCc1nnc2ccc(-c3ccc(OC(F)(F)F)cc3C)nn12. The lowest BCUT2D eigenvalue weighted by atomic mass is 10.1. The maximum absolute atomic E-state index is 12.3. The third-order valence-corrected chi connectivity index (χ3v) is 3.35. The molecule has 1 aromatic carbocycles. The van der Waals surface area contributed by atoms with E-state index in [4.69, 9.17) is 0 Å². The van der Waals surface area contributed by atoms with E-state index < -0.39 is 6.36 Å². The predicted molar refractivity (Wildman–Crippen MR) is 77.0 cm³/mol. The summed E-state index contributed by atoms with van der Waals surface area (Å²) in [6.45, 7) is 3.65. The Kier molecular flexibility index (Phi) is 3.67. The highest BCUT2D eigenvalue weighted by atomic mass is 19.4. The molecule has 0 unspecified atom stereocenters. The van der Waals surface area contributed by atoms with Gasteiger partial charge in [-0.2, -0.15) is 9.61 Å². The van der Waals surface area contributed by atoms with Crippen LogP contribution in [0.4, 0.5) is 13.2 Å². The summed E-state index contributed by atoms with van der Waals surface area (Å²) in [7, 11) is 0. The minimum Gasteiger partial charge on any atom is -0.406 e. The van der Waals surface area contributed by atoms with Gasteiger partial charge < -0.3 is 4.74 Å². The second-order valence-corrected chi connectivity index (χ2v) is 4.98. The van der Waals surface area contributed by atoms with Crippen molar-refractivity contribution < 1.29 is 17.9 Å². The fourth-order valence-corrected chi connectivity index (χ4v) is 2.32. The summed E-state index contributed by atoms with van der Waals surface area (Å²) in [4.78, 5) is 0. The van der Waals surface area contributed by atoms with E-state index in [1.54, 1.807) is 29.6 Å². The van der Waals surface area contributed by atoms with Crippen LogP contribution in [-0.4, -0.2) is 26.2 Å². The van der Waals surface area contributed by atoms with Crippen LogP contribution in [0, 0.1) is 6.92 Å². The maximum Gasteiger partial charge on any atom is 0.573 e. The second kappa shape index (κ2) is 5.53. The molecule has 8 heteroatoms. The topological polar surface area (TPSA) is 52.3 Å². The van der Waals surface area contributed by atoms with Crippen molar-refractivity contribution in [3.8, 4) is 17.0 Å². The van der Waals surface area contributed by atoms with Crippen molar-refractivity contribution >= 4 is 5.65 Å². The third kappa shape index (κ3) is 3.10. The summed E-state index contributed by atoms with van der Waals surface area (Å²) in [5.41, 5.74) is 2.60. The van der Waals surface area contributed by atoms with E-state index in [1.807, 2.05) is 6.92 Å². The Morgan fingerprint density at radius 1 is 1.13 bits per heavy atom. The van der Waals surface area contributed by atoms with Crippen LogP contribution in [0.25, 0.3) is 16.9 Å². The lowest BCUT2D eigenvalue weighted by Crippen LogP contribution is -2.17. The van der Waals surface area contributed by atoms with Crippen LogP contribution in [-0.2, 0) is 6.42 Å². The van der Waals surface area contributed by atoms with E-state index in [2.05, 4.69) is 20.0 Å². The fraction of sp³-hybridized carbons (Fsp3) is 0.267. The van der Waals surface area contributed by atoms with Gasteiger partial charge in [0.2, 0.25) is 0 Å². The summed E-state index contributed by atoms with van der Waals surface area (Å²) in [5, 5.41) is 12.5. The first-order chi connectivity index (χ1) is 10.9. The molecule has 0 aliphatic rings. The van der Waals surface area contributed by atoms with Crippen LogP contribution < -0.4 is 4.74 Å². The summed E-state index contributed by atoms with van der Waals surface area (Å²) in [6, 6.07) is 7.70. The molecule has 0 spiro atoms. The molecule has 3 rings (SSSR count). The monoisotopic (exact) mass is 322 g/mol. The first-order valence-electron chi connectivity index (χ1n) is 6.95. The quantitative estimate of drug-likeness (QED) is 0.740. The molecule has 0 saturated heterocycles. The van der Waals surface area contributed by atoms with Crippen molar-refractivity contribution in [3.63, 3.8) is 0 Å². The molecule has 0 N–H and O–H groups in total. The van der Waals surface area contributed by atoms with E-state index in [-0.39, 0.29) is 5.75 Å². The van der Waals surface area contributed by atoms with Gasteiger partial charge in [0.05, 0.1) is 5.69 Å². The molecule has 0 aliphatic carbocycles. The lowest BCUT2D eigenvalue weighted by molar-refractivity contribution is -0.274. The average Bonchev–Trinajstić information content (AvgIpc) is 2.87. The van der Waals surface area contributed by atoms with Crippen LogP contribution in [0.15, 0.2) is 30.3 Å². The van der Waals surface area contributed by atoms with Gasteiger partial charge in [0, 0.05) is 12.0 Å². The van der Waals surface area contributed by atoms with Crippen molar-refractivity contribution in [1.29, 1.82) is 0 Å². The average molecular weight is 322 g/mol. The highest BCUT2D eigenvalue weighted by molar-refractivity contribution is 5.65. The van der Waals surface area contributed by atoms with Gasteiger partial charge in [-0.05, 0) is 42.8 Å². The zero-order valence-corrected chi connectivity index (χ0v) is 12.4. The number of rotatable bonds is 3. The smallest absolute Gasteiger partial charge is 0.406 e. The molecular formula is C15H13F3N4O. The van der Waals surface area contributed by atoms with E-state index >= 15 is 0 Å². The summed E-state index contributed by atoms with van der Waals surface area (Å²) in [5.74, 6) is 0.468. The molecule has 0 atom stereocenters. The molecule has 5 nitrogen and oxygen atoms in total. The summed E-state index contributed by atoms with van der Waals surface area (Å²) in [6.07, 6.45) is -4.03. The van der Waals surface area contributed by atoms with E-state index in [0.29, 0.717) is 23.3 Å². The molecule has 0 radical (unpaired) electrons. The van der Waals surface area contributed by atoms with Crippen LogP contribution in [0.1, 0.15) is 18.3 Å². The number of hydrogen-bond acceptors (Lipinski definition) is 4. The number of aryl methyl sites for hydroxylation is 2. The molecule has 2 heterocycles. The number of nitrogens with zero attached hydrogens (tertiary/aromatic N) is 4. The van der Waals surface area contributed by atoms with E-state index in [9.17, 15) is 13.2 Å². The Morgan fingerprint density at radius 3 is 2.57 bits per heavy atom. The first-order valence-corrected chi connectivity index (χ1v) is 6.95. The Hall–Kier alpha value is -2.64. The number of hydrogen-bond donors (Lipinski definition) is 0. The molecular weight excluding hydrogens is 309 g/mol. The van der Waals surface area contributed by atoms with Gasteiger partial charge in [-0.1, -0.05) is 6.92 Å². The van der Waals surface area contributed by atoms with E-state index in [0.717, 1.165) is 11.4 Å². The molecule has 120 valence electrons. The number of aromatic nitrogens is 4. The predicted octanol–water partition coefficient (Wildman–Crippen LogP) is 3.56. The van der Waals surface area contributed by atoms with Crippen LogP contribution >= 0.6 is 0 Å². The zero-order valence-electron chi connectivity index (χ0n) is 12.4. The Morgan fingerprint density at radius 2 is 1.91 bits per heavy atom. The largest absolute Gasteiger partial charge is 0.573 e. The molecule has 3 aromatic rings.